The first-order valence-corrected chi connectivity index (χ1v) is 4.98. The molecule has 78 valence electrons. The zero-order valence-electron chi connectivity index (χ0n) is 8.22. The van der Waals surface area contributed by atoms with Crippen molar-refractivity contribution in [2.24, 2.45) is 0 Å². The lowest BCUT2D eigenvalue weighted by Gasteiger charge is -2.04. The molecule has 0 aliphatic rings. The lowest BCUT2D eigenvalue weighted by Crippen LogP contribution is -1.96. The van der Waals surface area contributed by atoms with E-state index in [0.717, 1.165) is 17.0 Å². The Morgan fingerprint density at radius 2 is 2.20 bits per heavy atom. The predicted molar refractivity (Wildman–Crippen MR) is 57.9 cm³/mol. The third-order valence-corrected chi connectivity index (χ3v) is 2.24. The van der Waals surface area contributed by atoms with Gasteiger partial charge in [-0.15, -0.1) is 0 Å². The van der Waals surface area contributed by atoms with Gasteiger partial charge in [-0.25, -0.2) is 0 Å². The second-order valence-corrected chi connectivity index (χ2v) is 3.16. The molecule has 0 amide bonds. The van der Waals surface area contributed by atoms with Gasteiger partial charge in [-0.3, -0.25) is 0 Å². The summed E-state index contributed by atoms with van der Waals surface area (Å²) in [6.45, 7) is 0. The molecule has 15 heavy (non-hydrogen) atoms. The van der Waals surface area contributed by atoms with Crippen LogP contribution in [0.1, 0.15) is 0 Å². The third kappa shape index (κ3) is 1.94. The van der Waals surface area contributed by atoms with Gasteiger partial charge in [0.05, 0.1) is 13.3 Å². The number of nitrogens with zero attached hydrogens (tertiary/aromatic N) is 3. The summed E-state index contributed by atoms with van der Waals surface area (Å²) in [6.07, 6.45) is 1.67. The number of benzene rings is 1. The van der Waals surface area contributed by atoms with Crippen LogP contribution < -0.4 is 4.74 Å². The van der Waals surface area contributed by atoms with Crippen molar-refractivity contribution in [3.63, 3.8) is 0 Å². The minimum atomic E-state index is 0.245. The van der Waals surface area contributed by atoms with Gasteiger partial charge < -0.3 is 4.74 Å². The Morgan fingerprint density at radius 3 is 2.87 bits per heavy atom. The third-order valence-electron chi connectivity index (χ3n) is 2.03. The fourth-order valence-corrected chi connectivity index (χ4v) is 1.45. The van der Waals surface area contributed by atoms with E-state index in [1.165, 1.54) is 4.80 Å². The van der Waals surface area contributed by atoms with Crippen LogP contribution >= 0.6 is 11.6 Å². The molecule has 0 aliphatic carbocycles. The molecule has 0 aliphatic heterocycles. The van der Waals surface area contributed by atoms with Gasteiger partial charge in [0.25, 0.3) is 0 Å². The average Bonchev–Trinajstić information content (AvgIpc) is 2.77. The molecule has 0 unspecified atom stereocenters. The number of rotatable bonds is 3. The van der Waals surface area contributed by atoms with E-state index in [2.05, 4.69) is 10.2 Å². The number of aromatic nitrogens is 3. The topological polar surface area (TPSA) is 39.9 Å². The first-order valence-electron chi connectivity index (χ1n) is 4.44. The molecule has 1 heterocycles. The van der Waals surface area contributed by atoms with E-state index in [9.17, 15) is 0 Å². The van der Waals surface area contributed by atoms with E-state index in [1.807, 2.05) is 24.3 Å². The Bertz CT molecular complexity index is 455. The molecule has 5 heteroatoms. The summed E-state index contributed by atoms with van der Waals surface area (Å²) < 4.78 is 5.23. The normalized spacial score (nSPS) is 10.3. The maximum atomic E-state index is 5.61. The van der Waals surface area contributed by atoms with Gasteiger partial charge in [-0.1, -0.05) is 23.7 Å². The van der Waals surface area contributed by atoms with Crippen LogP contribution in [-0.4, -0.2) is 22.1 Å². The lowest BCUT2D eigenvalue weighted by atomic mass is 10.1. The maximum absolute atomic E-state index is 5.61. The van der Waals surface area contributed by atoms with E-state index in [0.29, 0.717) is 0 Å². The van der Waals surface area contributed by atoms with Gasteiger partial charge >= 0.3 is 0 Å². The first-order chi connectivity index (χ1) is 7.35. The van der Waals surface area contributed by atoms with E-state index >= 15 is 0 Å². The Balaban J connectivity index is 2.44. The number of ether oxygens (including phenoxy) is 1. The Hall–Kier alpha value is -1.55. The summed E-state index contributed by atoms with van der Waals surface area (Å²) in [7, 11) is 1.63. The van der Waals surface area contributed by atoms with Crippen molar-refractivity contribution in [1.82, 2.24) is 15.0 Å². The minimum absolute atomic E-state index is 0.245. The van der Waals surface area contributed by atoms with Gasteiger partial charge in [0.2, 0.25) is 0 Å². The molecule has 0 saturated heterocycles. The molecule has 0 spiro atoms. The highest BCUT2D eigenvalue weighted by Gasteiger charge is 2.08. The quantitative estimate of drug-likeness (QED) is 0.749. The van der Waals surface area contributed by atoms with E-state index in [-0.39, 0.29) is 6.00 Å². The van der Waals surface area contributed by atoms with Crippen molar-refractivity contribution in [1.29, 1.82) is 0 Å². The van der Waals surface area contributed by atoms with Crippen molar-refractivity contribution >= 4 is 11.6 Å². The minimum Gasteiger partial charge on any atom is -0.496 e. The van der Waals surface area contributed by atoms with Crippen LogP contribution in [0.15, 0.2) is 30.5 Å². The van der Waals surface area contributed by atoms with Crippen molar-refractivity contribution in [2.75, 3.05) is 7.11 Å². The van der Waals surface area contributed by atoms with Crippen LogP contribution in [0.2, 0.25) is 0 Å². The predicted octanol–water partition coefficient (Wildman–Crippen LogP) is 2.15. The summed E-state index contributed by atoms with van der Waals surface area (Å²) in [4.78, 5) is 1.42. The van der Waals surface area contributed by atoms with E-state index in [1.54, 1.807) is 13.3 Å². The number of hydrogen-bond acceptors (Lipinski definition) is 3. The highest BCUT2D eigenvalue weighted by Crippen LogP contribution is 2.27. The SMILES string of the molecule is COc1ccccc1-c1cnn(CCl)n1. The van der Waals surface area contributed by atoms with Crippen LogP contribution in [0.3, 0.4) is 0 Å². The number of alkyl halides is 1. The molecule has 0 N–H and O–H groups in total. The highest BCUT2D eigenvalue weighted by molar-refractivity contribution is 6.15. The summed E-state index contributed by atoms with van der Waals surface area (Å²) in [6, 6.07) is 7.90. The Morgan fingerprint density at radius 1 is 1.40 bits per heavy atom. The number of hydrogen-bond donors (Lipinski definition) is 0. The molecule has 2 rings (SSSR count). The summed E-state index contributed by atoms with van der Waals surface area (Å²) in [5, 5.41) is 8.21. The fraction of sp³-hybridized carbons (Fsp3) is 0.200. The van der Waals surface area contributed by atoms with Crippen molar-refractivity contribution in [3.8, 4) is 17.0 Å². The second kappa shape index (κ2) is 4.31. The number of methoxy groups -OCH3 is 1. The molecule has 1 aromatic carbocycles. The van der Waals surface area contributed by atoms with Crippen LogP contribution in [-0.2, 0) is 6.00 Å². The Labute approximate surface area is 92.4 Å². The van der Waals surface area contributed by atoms with Crippen LogP contribution in [0.5, 0.6) is 5.75 Å². The van der Waals surface area contributed by atoms with Crippen LogP contribution in [0.25, 0.3) is 11.3 Å². The molecule has 0 atom stereocenters. The van der Waals surface area contributed by atoms with Crippen LogP contribution in [0, 0.1) is 0 Å². The molecular weight excluding hydrogens is 214 g/mol. The fourth-order valence-electron chi connectivity index (χ4n) is 1.33. The summed E-state index contributed by atoms with van der Waals surface area (Å²) in [5.41, 5.74) is 1.67. The second-order valence-electron chi connectivity index (χ2n) is 2.92. The number of halogens is 1. The van der Waals surface area contributed by atoms with E-state index in [4.69, 9.17) is 16.3 Å². The van der Waals surface area contributed by atoms with Crippen molar-refractivity contribution in [3.05, 3.63) is 30.5 Å². The monoisotopic (exact) mass is 223 g/mol. The largest absolute Gasteiger partial charge is 0.496 e. The highest BCUT2D eigenvalue weighted by atomic mass is 35.5. The molecule has 1 aromatic heterocycles. The molecule has 0 saturated carbocycles. The summed E-state index contributed by atoms with van der Waals surface area (Å²) >= 11 is 5.61. The van der Waals surface area contributed by atoms with Crippen molar-refractivity contribution < 1.29 is 4.74 Å². The molecule has 2 aromatic rings. The van der Waals surface area contributed by atoms with Gasteiger partial charge in [0.15, 0.2) is 0 Å². The average molecular weight is 224 g/mol. The zero-order chi connectivity index (χ0) is 10.7. The molecular formula is C10H10ClN3O. The standard InChI is InChI=1S/C10H10ClN3O/c1-15-10-5-3-2-4-8(10)9-6-12-14(7-11)13-9/h2-6H,7H2,1H3. The van der Waals surface area contributed by atoms with Gasteiger partial charge in [0, 0.05) is 5.56 Å². The lowest BCUT2D eigenvalue weighted by molar-refractivity contribution is 0.416. The first kappa shape index (κ1) is 9.98. The smallest absolute Gasteiger partial charge is 0.134 e. The molecule has 0 fully saturated rings. The van der Waals surface area contributed by atoms with Gasteiger partial charge in [0.1, 0.15) is 17.4 Å². The van der Waals surface area contributed by atoms with Crippen LogP contribution in [0.4, 0.5) is 0 Å². The zero-order valence-corrected chi connectivity index (χ0v) is 8.98. The molecule has 0 bridgehead atoms. The van der Waals surface area contributed by atoms with E-state index < -0.39 is 0 Å². The molecule has 4 nitrogen and oxygen atoms in total. The molecule has 0 radical (unpaired) electrons. The van der Waals surface area contributed by atoms with Gasteiger partial charge in [-0.2, -0.15) is 15.0 Å². The maximum Gasteiger partial charge on any atom is 0.134 e. The Kier molecular flexibility index (Phi) is 2.87. The van der Waals surface area contributed by atoms with Crippen molar-refractivity contribution in [2.45, 2.75) is 6.00 Å². The summed E-state index contributed by atoms with van der Waals surface area (Å²) in [5.74, 6) is 0.777. The number of para-hydroxylation sites is 1. The van der Waals surface area contributed by atoms with Gasteiger partial charge in [-0.05, 0) is 12.1 Å².